The van der Waals surface area contributed by atoms with Gasteiger partial charge in [0, 0.05) is 23.6 Å². The van der Waals surface area contributed by atoms with Crippen molar-refractivity contribution in [2.45, 2.75) is 37.6 Å². The first kappa shape index (κ1) is 18.0. The van der Waals surface area contributed by atoms with Gasteiger partial charge in [-0.1, -0.05) is 31.5 Å². The third kappa shape index (κ3) is 5.71. The Labute approximate surface area is 147 Å². The van der Waals surface area contributed by atoms with Crippen LogP contribution in [0.5, 0.6) is 0 Å². The van der Waals surface area contributed by atoms with Crippen LogP contribution in [0.4, 0.5) is 5.69 Å². The summed E-state index contributed by atoms with van der Waals surface area (Å²) in [6.07, 6.45) is 3.50. The van der Waals surface area contributed by atoms with E-state index >= 15 is 0 Å². The fraction of sp³-hybridized carbons (Fsp3) is 0.316. The van der Waals surface area contributed by atoms with E-state index in [0.29, 0.717) is 17.7 Å². The first-order valence-electron chi connectivity index (χ1n) is 8.10. The minimum atomic E-state index is -0.0330. The van der Waals surface area contributed by atoms with Gasteiger partial charge in [0.1, 0.15) is 11.1 Å². The SMILES string of the molecule is CCCCc1ccc(C#N)c(SCCC(=O)Nc2ccccc2)n1. The second-order valence-corrected chi connectivity index (χ2v) is 6.47. The van der Waals surface area contributed by atoms with Crippen molar-refractivity contribution in [2.75, 3.05) is 11.1 Å². The Hall–Kier alpha value is -2.32. The summed E-state index contributed by atoms with van der Waals surface area (Å²) in [6.45, 7) is 2.14. The summed E-state index contributed by atoms with van der Waals surface area (Å²) in [7, 11) is 0. The van der Waals surface area contributed by atoms with Gasteiger partial charge in [-0.2, -0.15) is 5.26 Å². The lowest BCUT2D eigenvalue weighted by atomic mass is 10.2. The van der Waals surface area contributed by atoms with E-state index in [1.165, 1.54) is 11.8 Å². The molecule has 0 spiro atoms. The van der Waals surface area contributed by atoms with Crippen molar-refractivity contribution in [1.29, 1.82) is 5.26 Å². The van der Waals surface area contributed by atoms with Crippen molar-refractivity contribution in [3.05, 3.63) is 53.7 Å². The molecule has 0 unspecified atom stereocenters. The molecule has 0 aliphatic rings. The predicted octanol–water partition coefficient (Wildman–Crippen LogP) is 4.42. The third-order valence-corrected chi connectivity index (χ3v) is 4.44. The van der Waals surface area contributed by atoms with Crippen LogP contribution in [0.15, 0.2) is 47.5 Å². The van der Waals surface area contributed by atoms with Gasteiger partial charge in [-0.25, -0.2) is 4.98 Å². The molecule has 1 aromatic carbocycles. The van der Waals surface area contributed by atoms with E-state index in [2.05, 4.69) is 23.3 Å². The normalized spacial score (nSPS) is 10.2. The summed E-state index contributed by atoms with van der Waals surface area (Å²) in [5.74, 6) is 0.562. The molecule has 1 amide bonds. The molecule has 2 aromatic rings. The lowest BCUT2D eigenvalue weighted by molar-refractivity contribution is -0.115. The molecule has 0 saturated heterocycles. The molecule has 1 N–H and O–H groups in total. The first-order chi connectivity index (χ1) is 11.7. The zero-order valence-corrected chi connectivity index (χ0v) is 14.6. The van der Waals surface area contributed by atoms with Gasteiger partial charge in [-0.15, -0.1) is 11.8 Å². The number of nitrogens with one attached hydrogen (secondary N) is 1. The summed E-state index contributed by atoms with van der Waals surface area (Å²) in [5.41, 5.74) is 2.38. The van der Waals surface area contributed by atoms with Crippen LogP contribution in [-0.2, 0) is 11.2 Å². The van der Waals surface area contributed by atoms with E-state index < -0.39 is 0 Å². The molecule has 1 aromatic heterocycles. The largest absolute Gasteiger partial charge is 0.326 e. The highest BCUT2D eigenvalue weighted by atomic mass is 32.2. The van der Waals surface area contributed by atoms with Gasteiger partial charge < -0.3 is 5.32 Å². The number of hydrogen-bond acceptors (Lipinski definition) is 4. The molecule has 24 heavy (non-hydrogen) atoms. The molecule has 5 heteroatoms. The molecular weight excluding hydrogens is 318 g/mol. The van der Waals surface area contributed by atoms with Gasteiger partial charge in [0.25, 0.3) is 0 Å². The number of benzene rings is 1. The predicted molar refractivity (Wildman–Crippen MR) is 98.0 cm³/mol. The Morgan fingerprint density at radius 3 is 2.75 bits per heavy atom. The minimum absolute atomic E-state index is 0.0330. The molecule has 0 saturated carbocycles. The van der Waals surface area contributed by atoms with E-state index in [1.807, 2.05) is 42.5 Å². The number of unbranched alkanes of at least 4 members (excludes halogenated alkanes) is 1. The number of aryl methyl sites for hydroxylation is 1. The smallest absolute Gasteiger partial charge is 0.225 e. The highest BCUT2D eigenvalue weighted by molar-refractivity contribution is 7.99. The van der Waals surface area contributed by atoms with Crippen molar-refractivity contribution < 1.29 is 4.79 Å². The molecule has 0 radical (unpaired) electrons. The molecule has 0 fully saturated rings. The molecular formula is C19H21N3OS. The zero-order valence-electron chi connectivity index (χ0n) is 13.8. The van der Waals surface area contributed by atoms with Crippen LogP contribution in [0.2, 0.25) is 0 Å². The molecule has 0 bridgehead atoms. The van der Waals surface area contributed by atoms with E-state index in [-0.39, 0.29) is 5.91 Å². The quantitative estimate of drug-likeness (QED) is 0.723. The minimum Gasteiger partial charge on any atom is -0.326 e. The molecule has 124 valence electrons. The van der Waals surface area contributed by atoms with Crippen LogP contribution in [-0.4, -0.2) is 16.6 Å². The summed E-state index contributed by atoms with van der Waals surface area (Å²) in [5, 5.41) is 12.8. The summed E-state index contributed by atoms with van der Waals surface area (Å²) < 4.78 is 0. The number of aromatic nitrogens is 1. The lowest BCUT2D eigenvalue weighted by Crippen LogP contribution is -2.12. The summed E-state index contributed by atoms with van der Waals surface area (Å²) in [6, 6.07) is 15.3. The number of para-hydroxylation sites is 1. The molecule has 0 aliphatic carbocycles. The van der Waals surface area contributed by atoms with Crippen molar-refractivity contribution in [1.82, 2.24) is 4.98 Å². The lowest BCUT2D eigenvalue weighted by Gasteiger charge is -2.07. The average Bonchev–Trinajstić information content (AvgIpc) is 2.61. The standard InChI is InChI=1S/C19H21N3OS/c1-2-3-7-17-11-10-15(14-20)19(22-17)24-13-12-18(23)21-16-8-5-4-6-9-16/h4-6,8-11H,2-3,7,12-13H2,1H3,(H,21,23). The Morgan fingerprint density at radius 1 is 1.25 bits per heavy atom. The van der Waals surface area contributed by atoms with Gasteiger partial charge >= 0.3 is 0 Å². The van der Waals surface area contributed by atoms with Crippen LogP contribution in [0.3, 0.4) is 0 Å². The second-order valence-electron chi connectivity index (χ2n) is 5.38. The topological polar surface area (TPSA) is 65.8 Å². The van der Waals surface area contributed by atoms with E-state index in [0.717, 1.165) is 35.7 Å². The van der Waals surface area contributed by atoms with Crippen LogP contribution in [0, 0.1) is 11.3 Å². The molecule has 0 aliphatic heterocycles. The Balaban J connectivity index is 1.88. The Morgan fingerprint density at radius 2 is 2.04 bits per heavy atom. The van der Waals surface area contributed by atoms with Gasteiger partial charge in [0.2, 0.25) is 5.91 Å². The Bertz CT molecular complexity index is 710. The highest BCUT2D eigenvalue weighted by Gasteiger charge is 2.08. The second kappa shape index (κ2) is 9.74. The molecule has 4 nitrogen and oxygen atoms in total. The van der Waals surface area contributed by atoms with Crippen LogP contribution >= 0.6 is 11.8 Å². The summed E-state index contributed by atoms with van der Waals surface area (Å²) in [4.78, 5) is 16.5. The molecule has 0 atom stereocenters. The van der Waals surface area contributed by atoms with Crippen LogP contribution < -0.4 is 5.32 Å². The number of hydrogen-bond donors (Lipinski definition) is 1. The maximum Gasteiger partial charge on any atom is 0.225 e. The highest BCUT2D eigenvalue weighted by Crippen LogP contribution is 2.22. The number of thioether (sulfide) groups is 1. The van der Waals surface area contributed by atoms with Crippen molar-refractivity contribution in [3.8, 4) is 6.07 Å². The van der Waals surface area contributed by atoms with Crippen LogP contribution in [0.25, 0.3) is 0 Å². The number of nitriles is 1. The number of pyridine rings is 1. The summed E-state index contributed by atoms with van der Waals surface area (Å²) >= 11 is 1.46. The monoisotopic (exact) mass is 339 g/mol. The fourth-order valence-corrected chi connectivity index (χ4v) is 3.09. The number of anilines is 1. The third-order valence-electron chi connectivity index (χ3n) is 3.45. The van der Waals surface area contributed by atoms with Crippen LogP contribution in [0.1, 0.15) is 37.4 Å². The van der Waals surface area contributed by atoms with Crippen molar-refractivity contribution >= 4 is 23.4 Å². The maximum atomic E-state index is 12.0. The zero-order chi connectivity index (χ0) is 17.2. The maximum absolute atomic E-state index is 12.0. The van der Waals surface area contributed by atoms with Gasteiger partial charge in [-0.05, 0) is 37.1 Å². The number of nitrogens with zero attached hydrogens (tertiary/aromatic N) is 2. The van der Waals surface area contributed by atoms with Crippen molar-refractivity contribution in [3.63, 3.8) is 0 Å². The molecule has 2 rings (SSSR count). The van der Waals surface area contributed by atoms with E-state index in [9.17, 15) is 10.1 Å². The van der Waals surface area contributed by atoms with Gasteiger partial charge in [0.05, 0.1) is 5.56 Å². The average molecular weight is 339 g/mol. The van der Waals surface area contributed by atoms with E-state index in [1.54, 1.807) is 0 Å². The number of carbonyl (C=O) groups excluding carboxylic acids is 1. The first-order valence-corrected chi connectivity index (χ1v) is 9.09. The van der Waals surface area contributed by atoms with Gasteiger partial charge in [0.15, 0.2) is 0 Å². The number of amides is 1. The number of carbonyl (C=O) groups is 1. The fourth-order valence-electron chi connectivity index (χ4n) is 2.16. The number of rotatable bonds is 8. The van der Waals surface area contributed by atoms with Crippen molar-refractivity contribution in [2.24, 2.45) is 0 Å². The van der Waals surface area contributed by atoms with E-state index in [4.69, 9.17) is 0 Å². The molecule has 1 heterocycles. The van der Waals surface area contributed by atoms with Gasteiger partial charge in [-0.3, -0.25) is 4.79 Å². The Kier molecular flexibility index (Phi) is 7.31.